The van der Waals surface area contributed by atoms with Crippen molar-refractivity contribution in [2.45, 2.75) is 10.8 Å². The molecule has 0 amide bonds. The molecule has 3 aliphatic carbocycles. The number of fused-ring (bicyclic) bond motifs is 15. The van der Waals surface area contributed by atoms with Gasteiger partial charge in [0.1, 0.15) is 0 Å². The topological polar surface area (TPSA) is 21.7 Å². The number of anilines is 3. The van der Waals surface area contributed by atoms with Crippen molar-refractivity contribution in [1.82, 2.24) is 0 Å². The van der Waals surface area contributed by atoms with Crippen LogP contribution in [0.4, 0.5) is 17.1 Å². The maximum Gasteiger partial charge on any atom is 0.194 e. The molecular weight excluding hydrogens is 935 g/mol. The molecule has 0 radical (unpaired) electrons. The molecule has 4 aliphatic rings. The Bertz CT molecular complexity index is 4230. The minimum atomic E-state index is -0.494. The molecule has 77 heavy (non-hydrogen) atoms. The van der Waals surface area contributed by atoms with Gasteiger partial charge < -0.3 is 14.4 Å². The lowest BCUT2D eigenvalue weighted by molar-refractivity contribution is 0.360. The molecule has 3 heteroatoms. The lowest BCUT2D eigenvalue weighted by Gasteiger charge is -2.34. The second-order valence-corrected chi connectivity index (χ2v) is 20.6. The Kier molecular flexibility index (Phi) is 9.47. The maximum atomic E-state index is 7.24. The molecule has 3 nitrogen and oxygen atoms in total. The normalized spacial score (nSPS) is 13.9. The van der Waals surface area contributed by atoms with Crippen LogP contribution in [0, 0.1) is 0 Å². The van der Waals surface area contributed by atoms with Gasteiger partial charge in [0.05, 0.1) is 16.5 Å². The highest BCUT2D eigenvalue weighted by Crippen LogP contribution is 2.65. The second kappa shape index (κ2) is 16.8. The van der Waals surface area contributed by atoms with Crippen LogP contribution in [0.3, 0.4) is 0 Å². The fourth-order valence-corrected chi connectivity index (χ4v) is 13.6. The summed E-state index contributed by atoms with van der Waals surface area (Å²) in [5.41, 5.74) is 24.1. The Morgan fingerprint density at radius 1 is 0.247 bits per heavy atom. The first-order valence-electron chi connectivity index (χ1n) is 26.6. The highest BCUT2D eigenvalue weighted by molar-refractivity contribution is 5.97. The third-order valence-corrected chi connectivity index (χ3v) is 16.8. The van der Waals surface area contributed by atoms with Gasteiger partial charge in [0.25, 0.3) is 0 Å². The number of rotatable bonds is 7. The first-order valence-corrected chi connectivity index (χ1v) is 26.6. The van der Waals surface area contributed by atoms with Crippen LogP contribution in [-0.2, 0) is 10.8 Å². The summed E-state index contributed by atoms with van der Waals surface area (Å²) in [6.45, 7) is 0. The first-order chi connectivity index (χ1) is 38.2. The molecule has 0 saturated carbocycles. The molecule has 0 fully saturated rings. The number of benzene rings is 12. The molecule has 12 aromatic carbocycles. The van der Waals surface area contributed by atoms with Crippen molar-refractivity contribution in [3.8, 4) is 78.6 Å². The van der Waals surface area contributed by atoms with E-state index in [0.29, 0.717) is 23.0 Å². The fourth-order valence-electron chi connectivity index (χ4n) is 13.6. The third-order valence-electron chi connectivity index (χ3n) is 16.8. The van der Waals surface area contributed by atoms with Gasteiger partial charge in [-0.25, -0.2) is 0 Å². The van der Waals surface area contributed by atoms with Gasteiger partial charge in [-0.05, 0) is 155 Å². The molecule has 1 spiro atoms. The lowest BCUT2D eigenvalue weighted by atomic mass is 9.67. The second-order valence-electron chi connectivity index (χ2n) is 20.6. The van der Waals surface area contributed by atoms with Crippen LogP contribution >= 0.6 is 0 Å². The molecule has 0 N–H and O–H groups in total. The van der Waals surface area contributed by atoms with Crippen LogP contribution in [-0.4, -0.2) is 0 Å². The highest BCUT2D eigenvalue weighted by Gasteiger charge is 2.52. The van der Waals surface area contributed by atoms with Crippen molar-refractivity contribution >= 4 is 17.1 Å². The first kappa shape index (κ1) is 43.4. The molecule has 0 unspecified atom stereocenters. The van der Waals surface area contributed by atoms with Gasteiger partial charge >= 0.3 is 0 Å². The van der Waals surface area contributed by atoms with Gasteiger partial charge in [0, 0.05) is 11.4 Å². The van der Waals surface area contributed by atoms with Gasteiger partial charge in [-0.3, -0.25) is 0 Å². The lowest BCUT2D eigenvalue weighted by Crippen LogP contribution is -2.28. The zero-order valence-electron chi connectivity index (χ0n) is 41.9. The minimum Gasteiger partial charge on any atom is -0.449 e. The third kappa shape index (κ3) is 6.20. The summed E-state index contributed by atoms with van der Waals surface area (Å²) in [6.07, 6.45) is 0. The summed E-state index contributed by atoms with van der Waals surface area (Å²) in [5.74, 6) is 2.70. The van der Waals surface area contributed by atoms with Crippen LogP contribution in [0.2, 0.25) is 0 Å². The Hall–Kier alpha value is -9.96. The maximum absolute atomic E-state index is 7.24. The van der Waals surface area contributed by atoms with E-state index in [1.165, 1.54) is 77.9 Å². The Morgan fingerprint density at radius 3 is 1.22 bits per heavy atom. The van der Waals surface area contributed by atoms with Crippen LogP contribution in [0.5, 0.6) is 23.0 Å². The van der Waals surface area contributed by atoms with E-state index in [4.69, 9.17) is 9.47 Å². The van der Waals surface area contributed by atoms with Crippen molar-refractivity contribution in [2.75, 3.05) is 4.90 Å². The summed E-state index contributed by atoms with van der Waals surface area (Å²) in [4.78, 5) is 2.30. The van der Waals surface area contributed by atoms with Crippen molar-refractivity contribution in [3.63, 3.8) is 0 Å². The SMILES string of the molecule is c1ccc(-c2ccc(N(c3ccc(-c4ccc5c(c4)C(c4ccccc4)(c4ccccc4)c4ccccc4-5)cc3)c3cccc4c3Oc3cc5c(cc3O4)C3(c4ccccc4-c4ccccc43)c3ccccc3-5)cc2)cc1. The molecule has 1 heterocycles. The molecule has 360 valence electrons. The van der Waals surface area contributed by atoms with Crippen LogP contribution in [0.15, 0.2) is 285 Å². The standard InChI is InChI=1S/C74H47NO2/c1-4-19-48(20-5-1)49-35-40-54(41-36-49)75(55-42-37-50(38-43-55)51-39-44-60-58-27-10-14-29-62(58)73(66(60)45-51,52-21-6-2-7-22-52)53-23-8-3-9-24-53)68-33-18-34-69-72(68)77-70-46-61-59-28-13-17-32-65(59)74(67(61)47-71(70)76-69)63-30-15-11-25-56(63)57-26-12-16-31-64(57)74/h1-47H. The average molecular weight is 982 g/mol. The molecule has 12 aromatic rings. The summed E-state index contributed by atoms with van der Waals surface area (Å²) >= 11 is 0. The predicted octanol–water partition coefficient (Wildman–Crippen LogP) is 19.1. The van der Waals surface area contributed by atoms with E-state index in [9.17, 15) is 0 Å². The minimum absolute atomic E-state index is 0.488. The Balaban J connectivity index is 0.820. The van der Waals surface area contributed by atoms with Crippen molar-refractivity contribution < 1.29 is 9.47 Å². The molecule has 16 rings (SSSR count). The number of hydrogen-bond donors (Lipinski definition) is 0. The fraction of sp³-hybridized carbons (Fsp3) is 0.0270. The average Bonchev–Trinajstić information content (AvgIpc) is 4.26. The van der Waals surface area contributed by atoms with E-state index in [-0.39, 0.29) is 0 Å². The van der Waals surface area contributed by atoms with Crippen LogP contribution in [0.25, 0.3) is 55.6 Å². The number of ether oxygens (including phenoxy) is 2. The van der Waals surface area contributed by atoms with Crippen molar-refractivity contribution in [3.05, 3.63) is 330 Å². The quantitative estimate of drug-likeness (QED) is 0.159. The summed E-state index contributed by atoms with van der Waals surface area (Å²) in [6, 6.07) is 104. The summed E-state index contributed by atoms with van der Waals surface area (Å²) < 4.78 is 14.3. The molecule has 0 atom stereocenters. The zero-order chi connectivity index (χ0) is 50.7. The van der Waals surface area contributed by atoms with Crippen molar-refractivity contribution in [1.29, 1.82) is 0 Å². The van der Waals surface area contributed by atoms with Gasteiger partial charge in [-0.1, -0.05) is 231 Å². The van der Waals surface area contributed by atoms with Gasteiger partial charge in [0.2, 0.25) is 0 Å². The number of para-hydroxylation sites is 1. The zero-order valence-corrected chi connectivity index (χ0v) is 41.9. The van der Waals surface area contributed by atoms with E-state index in [1.54, 1.807) is 0 Å². The molecule has 0 aromatic heterocycles. The molecule has 0 bridgehead atoms. The van der Waals surface area contributed by atoms with E-state index in [0.717, 1.165) is 39.3 Å². The molecular formula is C74H47NO2. The monoisotopic (exact) mass is 981 g/mol. The predicted molar refractivity (Wildman–Crippen MR) is 312 cm³/mol. The summed E-state index contributed by atoms with van der Waals surface area (Å²) in [7, 11) is 0. The highest BCUT2D eigenvalue weighted by atomic mass is 16.6. The molecule has 0 saturated heterocycles. The Morgan fingerprint density at radius 2 is 0.662 bits per heavy atom. The van der Waals surface area contributed by atoms with Gasteiger partial charge in [-0.15, -0.1) is 0 Å². The van der Waals surface area contributed by atoms with Gasteiger partial charge in [0.15, 0.2) is 23.0 Å². The molecule has 1 aliphatic heterocycles. The smallest absolute Gasteiger partial charge is 0.194 e. The van der Waals surface area contributed by atoms with E-state index < -0.39 is 10.8 Å². The van der Waals surface area contributed by atoms with E-state index in [2.05, 4.69) is 284 Å². The van der Waals surface area contributed by atoms with E-state index >= 15 is 0 Å². The van der Waals surface area contributed by atoms with Crippen LogP contribution < -0.4 is 14.4 Å². The summed E-state index contributed by atoms with van der Waals surface area (Å²) in [5, 5.41) is 0. The Labute approximate surface area is 448 Å². The number of hydrogen-bond acceptors (Lipinski definition) is 3. The van der Waals surface area contributed by atoms with Crippen LogP contribution in [0.1, 0.15) is 44.5 Å². The van der Waals surface area contributed by atoms with Gasteiger partial charge in [-0.2, -0.15) is 0 Å². The van der Waals surface area contributed by atoms with Crippen molar-refractivity contribution in [2.24, 2.45) is 0 Å². The van der Waals surface area contributed by atoms with E-state index in [1.807, 2.05) is 6.07 Å². The largest absolute Gasteiger partial charge is 0.449 e. The number of nitrogens with zero attached hydrogens (tertiary/aromatic N) is 1.